The fourth-order valence-corrected chi connectivity index (χ4v) is 1.11. The van der Waals surface area contributed by atoms with Crippen LogP contribution in [0.1, 0.15) is 19.4 Å². The summed E-state index contributed by atoms with van der Waals surface area (Å²) in [5.41, 5.74) is 0.877. The van der Waals surface area contributed by atoms with E-state index in [1.54, 1.807) is 12.1 Å². The van der Waals surface area contributed by atoms with E-state index in [1.807, 2.05) is 25.8 Å². The number of nitriles is 1. The number of halogens is 1. The van der Waals surface area contributed by atoms with Gasteiger partial charge in [0.05, 0.1) is 5.56 Å². The van der Waals surface area contributed by atoms with Gasteiger partial charge in [0.25, 0.3) is 0 Å². The van der Waals surface area contributed by atoms with Gasteiger partial charge in [-0.1, -0.05) is 0 Å². The van der Waals surface area contributed by atoms with E-state index >= 15 is 0 Å². The van der Waals surface area contributed by atoms with E-state index in [1.165, 1.54) is 12.1 Å². The summed E-state index contributed by atoms with van der Waals surface area (Å²) in [5.74, 6) is -0.461. The minimum absolute atomic E-state index is 0.0888. The Labute approximate surface area is 83.6 Å². The van der Waals surface area contributed by atoms with E-state index in [0.717, 1.165) is 5.69 Å². The maximum absolute atomic E-state index is 13.2. The molecule has 1 aromatic carbocycles. The van der Waals surface area contributed by atoms with Crippen LogP contribution >= 0.6 is 0 Å². The predicted molar refractivity (Wildman–Crippen MR) is 54.7 cm³/mol. The Morgan fingerprint density at radius 3 is 2.50 bits per heavy atom. The number of hydrogen-bond donors (Lipinski definition) is 0. The highest BCUT2D eigenvalue weighted by Gasteiger charge is 2.08. The van der Waals surface area contributed by atoms with Crippen LogP contribution in [0.4, 0.5) is 10.1 Å². The molecule has 0 unspecified atom stereocenters. The predicted octanol–water partition coefficient (Wildman–Crippen LogP) is 2.54. The van der Waals surface area contributed by atoms with Gasteiger partial charge in [0.15, 0.2) is 0 Å². The van der Waals surface area contributed by atoms with Gasteiger partial charge in [-0.15, -0.1) is 0 Å². The van der Waals surface area contributed by atoms with Gasteiger partial charge in [-0.25, -0.2) is 4.39 Å². The van der Waals surface area contributed by atoms with E-state index < -0.39 is 5.82 Å². The number of nitrogens with zero attached hydrogens (tertiary/aromatic N) is 2. The Morgan fingerprint density at radius 2 is 2.07 bits per heavy atom. The zero-order valence-corrected chi connectivity index (χ0v) is 8.58. The molecule has 0 aromatic heterocycles. The second-order valence-electron chi connectivity index (χ2n) is 3.48. The van der Waals surface area contributed by atoms with E-state index in [2.05, 4.69) is 0 Å². The summed E-state index contributed by atoms with van der Waals surface area (Å²) >= 11 is 0. The summed E-state index contributed by atoms with van der Waals surface area (Å²) in [6.07, 6.45) is 0. The average Bonchev–Trinajstić information content (AvgIpc) is 2.16. The third-order valence-electron chi connectivity index (χ3n) is 2.25. The molecule has 0 atom stereocenters. The first-order valence-electron chi connectivity index (χ1n) is 4.48. The van der Waals surface area contributed by atoms with E-state index in [-0.39, 0.29) is 5.56 Å². The Kier molecular flexibility index (Phi) is 3.08. The Balaban J connectivity index is 3.04. The maximum Gasteiger partial charge on any atom is 0.143 e. The molecule has 0 aliphatic carbocycles. The van der Waals surface area contributed by atoms with Crippen molar-refractivity contribution in [1.29, 1.82) is 5.26 Å². The maximum atomic E-state index is 13.2. The van der Waals surface area contributed by atoms with Crippen molar-refractivity contribution in [3.05, 3.63) is 29.6 Å². The molecule has 1 aromatic rings. The Morgan fingerprint density at radius 1 is 1.43 bits per heavy atom. The highest BCUT2D eigenvalue weighted by atomic mass is 19.1. The fourth-order valence-electron chi connectivity index (χ4n) is 1.11. The lowest BCUT2D eigenvalue weighted by atomic mass is 10.2. The SMILES string of the molecule is CC(C)N(C)c1ccc(C#N)c(F)c1. The quantitative estimate of drug-likeness (QED) is 0.720. The monoisotopic (exact) mass is 192 g/mol. The normalized spacial score (nSPS) is 10.0. The van der Waals surface area contributed by atoms with Crippen LogP contribution < -0.4 is 4.90 Å². The highest BCUT2D eigenvalue weighted by molar-refractivity contribution is 5.50. The van der Waals surface area contributed by atoms with Crippen molar-refractivity contribution in [2.45, 2.75) is 19.9 Å². The summed E-state index contributed by atoms with van der Waals surface area (Å²) in [5, 5.41) is 8.55. The lowest BCUT2D eigenvalue weighted by Gasteiger charge is -2.23. The number of hydrogen-bond acceptors (Lipinski definition) is 2. The molecule has 0 radical (unpaired) electrons. The van der Waals surface area contributed by atoms with Crippen LogP contribution in [0, 0.1) is 17.1 Å². The van der Waals surface area contributed by atoms with Gasteiger partial charge in [-0.05, 0) is 32.0 Å². The molecule has 0 N–H and O–H groups in total. The minimum atomic E-state index is -0.461. The fraction of sp³-hybridized carbons (Fsp3) is 0.364. The van der Waals surface area contributed by atoms with Gasteiger partial charge in [0.2, 0.25) is 0 Å². The topological polar surface area (TPSA) is 27.0 Å². The van der Waals surface area contributed by atoms with Crippen molar-refractivity contribution < 1.29 is 4.39 Å². The molecule has 2 nitrogen and oxygen atoms in total. The molecule has 0 bridgehead atoms. The van der Waals surface area contributed by atoms with E-state index in [4.69, 9.17) is 5.26 Å². The van der Waals surface area contributed by atoms with E-state index in [0.29, 0.717) is 6.04 Å². The number of benzene rings is 1. The van der Waals surface area contributed by atoms with Crippen LogP contribution in [-0.2, 0) is 0 Å². The molecular formula is C11H13FN2. The molecule has 0 amide bonds. The average molecular weight is 192 g/mol. The molecular weight excluding hydrogens is 179 g/mol. The summed E-state index contributed by atoms with van der Waals surface area (Å²) in [6, 6.07) is 6.75. The first-order chi connectivity index (χ1) is 6.56. The van der Waals surface area contributed by atoms with Crippen LogP contribution in [-0.4, -0.2) is 13.1 Å². The molecule has 0 aliphatic rings. The lowest BCUT2D eigenvalue weighted by molar-refractivity contribution is 0.622. The molecule has 0 spiro atoms. The zero-order chi connectivity index (χ0) is 10.7. The van der Waals surface area contributed by atoms with Crippen molar-refractivity contribution in [3.63, 3.8) is 0 Å². The minimum Gasteiger partial charge on any atom is -0.372 e. The molecule has 0 saturated carbocycles. The van der Waals surface area contributed by atoms with Crippen LogP contribution in [0.5, 0.6) is 0 Å². The van der Waals surface area contributed by atoms with Crippen molar-refractivity contribution >= 4 is 5.69 Å². The van der Waals surface area contributed by atoms with Gasteiger partial charge < -0.3 is 4.90 Å². The highest BCUT2D eigenvalue weighted by Crippen LogP contribution is 2.18. The third-order valence-corrected chi connectivity index (χ3v) is 2.25. The first-order valence-corrected chi connectivity index (χ1v) is 4.48. The van der Waals surface area contributed by atoms with Gasteiger partial charge in [0.1, 0.15) is 11.9 Å². The van der Waals surface area contributed by atoms with Crippen LogP contribution in [0.25, 0.3) is 0 Å². The van der Waals surface area contributed by atoms with Crippen LogP contribution in [0.2, 0.25) is 0 Å². The molecule has 0 fully saturated rings. The number of rotatable bonds is 2. The molecule has 74 valence electrons. The van der Waals surface area contributed by atoms with Gasteiger partial charge in [0, 0.05) is 18.8 Å². The molecule has 14 heavy (non-hydrogen) atoms. The Bertz CT molecular complexity index is 366. The lowest BCUT2D eigenvalue weighted by Crippen LogP contribution is -2.25. The standard InChI is InChI=1S/C11H13FN2/c1-8(2)14(3)10-5-4-9(7-13)11(12)6-10/h4-6,8H,1-3H3. The molecule has 1 rings (SSSR count). The largest absolute Gasteiger partial charge is 0.372 e. The summed E-state index contributed by atoms with van der Waals surface area (Å²) in [6.45, 7) is 4.05. The van der Waals surface area contributed by atoms with Gasteiger partial charge >= 0.3 is 0 Å². The first kappa shape index (κ1) is 10.5. The second-order valence-corrected chi connectivity index (χ2v) is 3.48. The third kappa shape index (κ3) is 2.02. The molecule has 0 saturated heterocycles. The van der Waals surface area contributed by atoms with Crippen molar-refractivity contribution in [3.8, 4) is 6.07 Å². The molecule has 3 heteroatoms. The molecule has 0 heterocycles. The second kappa shape index (κ2) is 4.10. The van der Waals surface area contributed by atoms with Crippen molar-refractivity contribution in [1.82, 2.24) is 0 Å². The van der Waals surface area contributed by atoms with E-state index in [9.17, 15) is 4.39 Å². The van der Waals surface area contributed by atoms with Crippen LogP contribution in [0.3, 0.4) is 0 Å². The molecule has 0 aliphatic heterocycles. The summed E-state index contributed by atoms with van der Waals surface area (Å²) < 4.78 is 13.2. The smallest absolute Gasteiger partial charge is 0.143 e. The van der Waals surface area contributed by atoms with Crippen LogP contribution in [0.15, 0.2) is 18.2 Å². The Hall–Kier alpha value is -1.56. The van der Waals surface area contributed by atoms with Crippen molar-refractivity contribution in [2.75, 3.05) is 11.9 Å². The van der Waals surface area contributed by atoms with Gasteiger partial charge in [-0.2, -0.15) is 5.26 Å². The summed E-state index contributed by atoms with van der Waals surface area (Å²) in [4.78, 5) is 1.95. The van der Waals surface area contributed by atoms with Crippen molar-refractivity contribution in [2.24, 2.45) is 0 Å². The summed E-state index contributed by atoms with van der Waals surface area (Å²) in [7, 11) is 1.89. The zero-order valence-electron chi connectivity index (χ0n) is 8.58. The number of anilines is 1. The van der Waals surface area contributed by atoms with Gasteiger partial charge in [-0.3, -0.25) is 0 Å².